The number of hydrogen-bond acceptors (Lipinski definition) is 4. The monoisotopic (exact) mass is 348 g/mol. The molecule has 0 saturated heterocycles. The highest BCUT2D eigenvalue weighted by atomic mass is 16.7. The molecule has 1 atom stereocenters. The Bertz CT molecular complexity index is 551. The molecule has 1 aliphatic heterocycles. The van der Waals surface area contributed by atoms with Gasteiger partial charge in [0.05, 0.1) is 12.2 Å². The lowest BCUT2D eigenvalue weighted by molar-refractivity contribution is -0.0180. The van der Waals surface area contributed by atoms with Gasteiger partial charge in [-0.05, 0) is 58.1 Å². The smallest absolute Gasteiger partial charge is 0.231 e. The zero-order chi connectivity index (χ0) is 18.1. The standard InChI is InChI=1S/C21H32O4/c1-5-25-21(3,4)13-8-10-17(2)9-6-7-14-22-18-11-12-19-20(15-18)24-16-23-19/h6,9,11-12,15,17H,5,7-8,10,13-14,16H2,1-4H3/b9-6+. The summed E-state index contributed by atoms with van der Waals surface area (Å²) >= 11 is 0. The lowest BCUT2D eigenvalue weighted by atomic mass is 9.96. The van der Waals surface area contributed by atoms with Crippen LogP contribution in [-0.4, -0.2) is 25.6 Å². The average Bonchev–Trinajstić information content (AvgIpc) is 3.02. The van der Waals surface area contributed by atoms with Gasteiger partial charge in [-0.15, -0.1) is 0 Å². The minimum Gasteiger partial charge on any atom is -0.493 e. The van der Waals surface area contributed by atoms with E-state index in [1.807, 2.05) is 18.2 Å². The molecule has 0 fully saturated rings. The molecular formula is C21H32O4. The van der Waals surface area contributed by atoms with Crippen LogP contribution in [0, 0.1) is 5.92 Å². The second-order valence-corrected chi connectivity index (χ2v) is 7.14. The van der Waals surface area contributed by atoms with E-state index in [1.165, 1.54) is 12.8 Å². The van der Waals surface area contributed by atoms with Crippen molar-refractivity contribution < 1.29 is 18.9 Å². The van der Waals surface area contributed by atoms with Gasteiger partial charge in [0.15, 0.2) is 11.5 Å². The summed E-state index contributed by atoms with van der Waals surface area (Å²) in [6, 6.07) is 5.69. The van der Waals surface area contributed by atoms with Crippen LogP contribution < -0.4 is 14.2 Å². The molecule has 0 radical (unpaired) electrons. The van der Waals surface area contributed by atoms with Crippen molar-refractivity contribution in [2.75, 3.05) is 20.0 Å². The van der Waals surface area contributed by atoms with Crippen molar-refractivity contribution in [2.24, 2.45) is 5.92 Å². The van der Waals surface area contributed by atoms with E-state index < -0.39 is 0 Å². The third kappa shape index (κ3) is 6.99. The molecule has 0 bridgehead atoms. The Morgan fingerprint density at radius 1 is 1.24 bits per heavy atom. The van der Waals surface area contributed by atoms with Gasteiger partial charge in [0.2, 0.25) is 6.79 Å². The molecule has 0 aliphatic carbocycles. The first-order valence-electron chi connectivity index (χ1n) is 9.33. The fourth-order valence-electron chi connectivity index (χ4n) is 2.95. The number of rotatable bonds is 11. The number of hydrogen-bond donors (Lipinski definition) is 0. The predicted molar refractivity (Wildman–Crippen MR) is 101 cm³/mol. The lowest BCUT2D eigenvalue weighted by Gasteiger charge is -2.24. The van der Waals surface area contributed by atoms with Crippen molar-refractivity contribution in [2.45, 2.75) is 59.0 Å². The average molecular weight is 348 g/mol. The van der Waals surface area contributed by atoms with E-state index in [-0.39, 0.29) is 5.60 Å². The van der Waals surface area contributed by atoms with Crippen molar-refractivity contribution >= 4 is 0 Å². The third-order valence-corrected chi connectivity index (χ3v) is 4.34. The Morgan fingerprint density at radius 3 is 2.84 bits per heavy atom. The minimum absolute atomic E-state index is 0.00333. The fourth-order valence-corrected chi connectivity index (χ4v) is 2.95. The van der Waals surface area contributed by atoms with Gasteiger partial charge >= 0.3 is 0 Å². The summed E-state index contributed by atoms with van der Waals surface area (Å²) in [6.45, 7) is 10.4. The Kier molecular flexibility index (Phi) is 7.63. The zero-order valence-electron chi connectivity index (χ0n) is 16.0. The molecule has 1 aromatic carbocycles. The molecule has 1 aliphatic rings. The molecule has 0 saturated carbocycles. The first kappa shape index (κ1) is 19.6. The van der Waals surface area contributed by atoms with Crippen molar-refractivity contribution in [3.05, 3.63) is 30.4 Å². The van der Waals surface area contributed by atoms with Gasteiger partial charge in [-0.25, -0.2) is 0 Å². The number of fused-ring (bicyclic) bond motifs is 1. The van der Waals surface area contributed by atoms with E-state index >= 15 is 0 Å². The summed E-state index contributed by atoms with van der Waals surface area (Å²) in [5.41, 5.74) is -0.00333. The van der Waals surface area contributed by atoms with Crippen molar-refractivity contribution in [1.29, 1.82) is 0 Å². The molecular weight excluding hydrogens is 316 g/mol. The minimum atomic E-state index is -0.00333. The molecule has 1 heterocycles. The van der Waals surface area contributed by atoms with Crippen LogP contribution in [0.25, 0.3) is 0 Å². The predicted octanol–water partition coefficient (Wildman–Crippen LogP) is 5.36. The van der Waals surface area contributed by atoms with Crippen LogP contribution >= 0.6 is 0 Å². The van der Waals surface area contributed by atoms with Crippen LogP contribution in [0.2, 0.25) is 0 Å². The molecule has 0 spiro atoms. The normalized spacial score (nSPS) is 14.9. The van der Waals surface area contributed by atoms with Gasteiger partial charge in [0.25, 0.3) is 0 Å². The molecule has 140 valence electrons. The number of ether oxygens (including phenoxy) is 4. The van der Waals surface area contributed by atoms with Crippen LogP contribution in [0.5, 0.6) is 17.2 Å². The van der Waals surface area contributed by atoms with Gasteiger partial charge < -0.3 is 18.9 Å². The van der Waals surface area contributed by atoms with Crippen LogP contribution in [0.15, 0.2) is 30.4 Å². The molecule has 0 aromatic heterocycles. The van der Waals surface area contributed by atoms with Crippen molar-refractivity contribution in [3.63, 3.8) is 0 Å². The number of allylic oxidation sites excluding steroid dienone is 1. The van der Waals surface area contributed by atoms with Gasteiger partial charge in [-0.1, -0.05) is 25.5 Å². The topological polar surface area (TPSA) is 36.9 Å². The van der Waals surface area contributed by atoms with E-state index in [0.717, 1.165) is 36.7 Å². The zero-order valence-corrected chi connectivity index (χ0v) is 16.0. The van der Waals surface area contributed by atoms with Gasteiger partial charge in [0.1, 0.15) is 5.75 Å². The second-order valence-electron chi connectivity index (χ2n) is 7.14. The van der Waals surface area contributed by atoms with Crippen molar-refractivity contribution in [1.82, 2.24) is 0 Å². The summed E-state index contributed by atoms with van der Waals surface area (Å²) in [5, 5.41) is 0. The summed E-state index contributed by atoms with van der Waals surface area (Å²) in [5.74, 6) is 2.96. The maximum absolute atomic E-state index is 5.76. The lowest BCUT2D eigenvalue weighted by Crippen LogP contribution is -2.24. The molecule has 1 unspecified atom stereocenters. The van der Waals surface area contributed by atoms with Crippen molar-refractivity contribution in [3.8, 4) is 17.2 Å². The highest BCUT2D eigenvalue weighted by molar-refractivity contribution is 5.46. The Morgan fingerprint density at radius 2 is 2.04 bits per heavy atom. The highest BCUT2D eigenvalue weighted by Gasteiger charge is 2.17. The Labute approximate surface area is 152 Å². The Balaban J connectivity index is 1.59. The van der Waals surface area contributed by atoms with Gasteiger partial charge in [-0.2, -0.15) is 0 Å². The van der Waals surface area contributed by atoms with Gasteiger partial charge in [-0.3, -0.25) is 0 Å². The first-order chi connectivity index (χ1) is 12.0. The molecule has 4 heteroatoms. The summed E-state index contributed by atoms with van der Waals surface area (Å²) in [6.07, 6.45) is 8.89. The summed E-state index contributed by atoms with van der Waals surface area (Å²) < 4.78 is 22.1. The van der Waals surface area contributed by atoms with E-state index in [1.54, 1.807) is 0 Å². The molecule has 25 heavy (non-hydrogen) atoms. The van der Waals surface area contributed by atoms with E-state index in [9.17, 15) is 0 Å². The molecule has 0 amide bonds. The summed E-state index contributed by atoms with van der Waals surface area (Å²) in [7, 11) is 0. The molecule has 1 aromatic rings. The van der Waals surface area contributed by atoms with Crippen LogP contribution in [0.1, 0.15) is 53.4 Å². The third-order valence-electron chi connectivity index (χ3n) is 4.34. The Hall–Kier alpha value is -1.68. The maximum Gasteiger partial charge on any atom is 0.231 e. The molecule has 4 nitrogen and oxygen atoms in total. The van der Waals surface area contributed by atoms with E-state index in [2.05, 4.69) is 39.8 Å². The maximum atomic E-state index is 5.76. The van der Waals surface area contributed by atoms with Crippen LogP contribution in [-0.2, 0) is 4.74 Å². The van der Waals surface area contributed by atoms with E-state index in [4.69, 9.17) is 18.9 Å². The second kappa shape index (κ2) is 9.71. The fraction of sp³-hybridized carbons (Fsp3) is 0.619. The van der Waals surface area contributed by atoms with E-state index in [0.29, 0.717) is 19.3 Å². The van der Waals surface area contributed by atoms with Crippen LogP contribution in [0.3, 0.4) is 0 Å². The summed E-state index contributed by atoms with van der Waals surface area (Å²) in [4.78, 5) is 0. The van der Waals surface area contributed by atoms with Gasteiger partial charge in [0, 0.05) is 12.7 Å². The number of benzene rings is 1. The quantitative estimate of drug-likeness (QED) is 0.398. The SMILES string of the molecule is CCOC(C)(C)CCCC(C)/C=C/CCOc1ccc2c(c1)OCO2. The molecule has 2 rings (SSSR count). The largest absolute Gasteiger partial charge is 0.493 e. The first-order valence-corrected chi connectivity index (χ1v) is 9.33. The highest BCUT2D eigenvalue weighted by Crippen LogP contribution is 2.35. The van der Waals surface area contributed by atoms with Crippen LogP contribution in [0.4, 0.5) is 0 Å². The molecule has 0 N–H and O–H groups in total.